The van der Waals surface area contributed by atoms with Crippen molar-refractivity contribution in [3.8, 4) is 6.07 Å². The molecule has 0 spiro atoms. The monoisotopic (exact) mass is 176 g/mol. The highest BCUT2D eigenvalue weighted by atomic mass is 16.3. The van der Waals surface area contributed by atoms with Gasteiger partial charge in [0.15, 0.2) is 0 Å². The molecular weight excluding hydrogens is 164 g/mol. The fourth-order valence-corrected chi connectivity index (χ4v) is 1.09. The smallest absolute Gasteiger partial charge is 0.0991 e. The maximum absolute atomic E-state index is 9.54. The van der Waals surface area contributed by atoms with Crippen LogP contribution in [0.3, 0.4) is 0 Å². The lowest BCUT2D eigenvalue weighted by Crippen LogP contribution is -2.16. The predicted molar refractivity (Wildman–Crippen MR) is 50.0 cm³/mol. The maximum atomic E-state index is 9.54. The Labute approximate surface area is 77.6 Å². The molecule has 13 heavy (non-hydrogen) atoms. The molecule has 0 heterocycles. The summed E-state index contributed by atoms with van der Waals surface area (Å²) in [7, 11) is 1.78. The van der Waals surface area contributed by atoms with Crippen LogP contribution < -0.4 is 5.32 Å². The van der Waals surface area contributed by atoms with Crippen LogP contribution in [0.2, 0.25) is 0 Å². The van der Waals surface area contributed by atoms with Crippen LogP contribution in [0, 0.1) is 11.3 Å². The molecule has 2 N–H and O–H groups in total. The van der Waals surface area contributed by atoms with Crippen molar-refractivity contribution >= 4 is 0 Å². The van der Waals surface area contributed by atoms with E-state index in [1.807, 2.05) is 6.07 Å². The van der Waals surface area contributed by atoms with Crippen molar-refractivity contribution in [3.63, 3.8) is 0 Å². The minimum Gasteiger partial charge on any atom is -0.387 e. The van der Waals surface area contributed by atoms with Gasteiger partial charge in [-0.05, 0) is 24.7 Å². The first-order valence-electron chi connectivity index (χ1n) is 4.10. The van der Waals surface area contributed by atoms with Gasteiger partial charge in [-0.1, -0.05) is 12.1 Å². The van der Waals surface area contributed by atoms with Gasteiger partial charge in [-0.2, -0.15) is 5.26 Å². The first-order chi connectivity index (χ1) is 6.27. The van der Waals surface area contributed by atoms with Crippen molar-refractivity contribution in [1.82, 2.24) is 5.32 Å². The molecule has 0 saturated carbocycles. The Morgan fingerprint density at radius 3 is 2.54 bits per heavy atom. The predicted octanol–water partition coefficient (Wildman–Crippen LogP) is 0.811. The van der Waals surface area contributed by atoms with Gasteiger partial charge < -0.3 is 10.4 Å². The van der Waals surface area contributed by atoms with Gasteiger partial charge in [0.2, 0.25) is 0 Å². The molecule has 0 aliphatic rings. The SMILES string of the molecule is CNC[C@H](O)c1ccc(C#N)cc1. The number of aliphatic hydroxyl groups excluding tert-OH is 1. The average Bonchev–Trinajstić information content (AvgIpc) is 2.18. The van der Waals surface area contributed by atoms with Crippen molar-refractivity contribution in [3.05, 3.63) is 35.4 Å². The van der Waals surface area contributed by atoms with Crippen LogP contribution in [-0.4, -0.2) is 18.7 Å². The highest BCUT2D eigenvalue weighted by molar-refractivity contribution is 5.32. The number of hydrogen-bond donors (Lipinski definition) is 2. The topological polar surface area (TPSA) is 56.0 Å². The van der Waals surface area contributed by atoms with E-state index in [0.29, 0.717) is 12.1 Å². The fourth-order valence-electron chi connectivity index (χ4n) is 1.09. The third kappa shape index (κ3) is 2.55. The summed E-state index contributed by atoms with van der Waals surface area (Å²) in [6.07, 6.45) is -0.502. The number of nitriles is 1. The van der Waals surface area contributed by atoms with Gasteiger partial charge in [0.25, 0.3) is 0 Å². The Morgan fingerprint density at radius 1 is 1.46 bits per heavy atom. The number of aliphatic hydroxyl groups is 1. The summed E-state index contributed by atoms with van der Waals surface area (Å²) in [5.41, 5.74) is 1.44. The number of hydrogen-bond acceptors (Lipinski definition) is 3. The van der Waals surface area contributed by atoms with Crippen molar-refractivity contribution in [2.24, 2.45) is 0 Å². The zero-order valence-electron chi connectivity index (χ0n) is 7.49. The highest BCUT2D eigenvalue weighted by Gasteiger charge is 2.04. The lowest BCUT2D eigenvalue weighted by molar-refractivity contribution is 0.178. The summed E-state index contributed by atoms with van der Waals surface area (Å²) in [5, 5.41) is 21.0. The molecule has 0 unspecified atom stereocenters. The molecule has 1 rings (SSSR count). The Balaban J connectivity index is 2.75. The molecule has 68 valence electrons. The third-order valence-corrected chi connectivity index (χ3v) is 1.82. The van der Waals surface area contributed by atoms with Gasteiger partial charge in [0.1, 0.15) is 0 Å². The summed E-state index contributed by atoms with van der Waals surface area (Å²) in [6.45, 7) is 0.520. The lowest BCUT2D eigenvalue weighted by atomic mass is 10.1. The van der Waals surface area contributed by atoms with Crippen LogP contribution in [-0.2, 0) is 0 Å². The van der Waals surface area contributed by atoms with E-state index in [0.717, 1.165) is 5.56 Å². The molecule has 0 aliphatic carbocycles. The summed E-state index contributed by atoms with van der Waals surface area (Å²) in [6, 6.07) is 8.96. The van der Waals surface area contributed by atoms with Gasteiger partial charge in [-0.15, -0.1) is 0 Å². The highest BCUT2D eigenvalue weighted by Crippen LogP contribution is 2.12. The van der Waals surface area contributed by atoms with Crippen LogP contribution in [0.25, 0.3) is 0 Å². The average molecular weight is 176 g/mol. The van der Waals surface area contributed by atoms with E-state index in [4.69, 9.17) is 5.26 Å². The van der Waals surface area contributed by atoms with Crippen LogP contribution in [0.1, 0.15) is 17.2 Å². The number of nitrogens with zero attached hydrogens (tertiary/aromatic N) is 1. The maximum Gasteiger partial charge on any atom is 0.0991 e. The molecule has 3 heteroatoms. The summed E-state index contributed by atoms with van der Waals surface area (Å²) in [5.74, 6) is 0. The molecule has 1 aromatic rings. The first-order valence-corrected chi connectivity index (χ1v) is 4.10. The molecule has 1 aromatic carbocycles. The Morgan fingerprint density at radius 2 is 2.08 bits per heavy atom. The van der Waals surface area contributed by atoms with Gasteiger partial charge in [-0.25, -0.2) is 0 Å². The molecular formula is C10H12N2O. The third-order valence-electron chi connectivity index (χ3n) is 1.82. The Bertz CT molecular complexity index is 300. The molecule has 0 fully saturated rings. The van der Waals surface area contributed by atoms with Crippen molar-refractivity contribution < 1.29 is 5.11 Å². The molecule has 0 bridgehead atoms. The minimum atomic E-state index is -0.502. The number of benzene rings is 1. The standard InChI is InChI=1S/C10H12N2O/c1-12-7-10(13)9-4-2-8(6-11)3-5-9/h2-5,10,12-13H,7H2,1H3/t10-/m0/s1. The Hall–Kier alpha value is -1.37. The zero-order valence-corrected chi connectivity index (χ0v) is 7.49. The lowest BCUT2D eigenvalue weighted by Gasteiger charge is -2.09. The molecule has 3 nitrogen and oxygen atoms in total. The molecule has 1 atom stereocenters. The molecule has 0 radical (unpaired) electrons. The van der Waals surface area contributed by atoms with Crippen molar-refractivity contribution in [2.45, 2.75) is 6.10 Å². The van der Waals surface area contributed by atoms with Crippen LogP contribution in [0.15, 0.2) is 24.3 Å². The zero-order chi connectivity index (χ0) is 9.68. The number of nitrogens with one attached hydrogen (secondary N) is 1. The minimum absolute atomic E-state index is 0.502. The second-order valence-corrected chi connectivity index (χ2v) is 2.81. The summed E-state index contributed by atoms with van der Waals surface area (Å²) in [4.78, 5) is 0. The fraction of sp³-hybridized carbons (Fsp3) is 0.300. The van der Waals surface area contributed by atoms with Crippen molar-refractivity contribution in [2.75, 3.05) is 13.6 Å². The van der Waals surface area contributed by atoms with E-state index >= 15 is 0 Å². The molecule has 0 aliphatic heterocycles. The molecule has 0 saturated heterocycles. The van der Waals surface area contributed by atoms with E-state index in [-0.39, 0.29) is 0 Å². The van der Waals surface area contributed by atoms with Crippen LogP contribution >= 0.6 is 0 Å². The van der Waals surface area contributed by atoms with E-state index in [2.05, 4.69) is 5.32 Å². The van der Waals surface area contributed by atoms with Gasteiger partial charge >= 0.3 is 0 Å². The van der Waals surface area contributed by atoms with Gasteiger partial charge in [0.05, 0.1) is 17.7 Å². The van der Waals surface area contributed by atoms with E-state index in [1.54, 1.807) is 31.3 Å². The second kappa shape index (κ2) is 4.61. The summed E-state index contributed by atoms with van der Waals surface area (Å²) >= 11 is 0. The molecule has 0 amide bonds. The van der Waals surface area contributed by atoms with Gasteiger partial charge in [0, 0.05) is 6.54 Å². The van der Waals surface area contributed by atoms with Crippen LogP contribution in [0.5, 0.6) is 0 Å². The van der Waals surface area contributed by atoms with Crippen LogP contribution in [0.4, 0.5) is 0 Å². The molecule has 0 aromatic heterocycles. The van der Waals surface area contributed by atoms with E-state index in [1.165, 1.54) is 0 Å². The number of rotatable bonds is 3. The Kier molecular flexibility index (Phi) is 3.44. The van der Waals surface area contributed by atoms with E-state index in [9.17, 15) is 5.11 Å². The van der Waals surface area contributed by atoms with Crippen molar-refractivity contribution in [1.29, 1.82) is 5.26 Å². The van der Waals surface area contributed by atoms with E-state index < -0.39 is 6.10 Å². The largest absolute Gasteiger partial charge is 0.387 e. The summed E-state index contributed by atoms with van der Waals surface area (Å²) < 4.78 is 0. The second-order valence-electron chi connectivity index (χ2n) is 2.81. The quantitative estimate of drug-likeness (QED) is 0.716. The normalized spacial score (nSPS) is 12.1. The first kappa shape index (κ1) is 9.72. The van der Waals surface area contributed by atoms with Gasteiger partial charge in [-0.3, -0.25) is 0 Å². The number of likely N-dealkylation sites (N-methyl/N-ethyl adjacent to an activating group) is 1.